The van der Waals surface area contributed by atoms with Crippen molar-refractivity contribution >= 4 is 62.7 Å². The number of β-lactam (4-membered cyclic amide) rings is 1. The predicted octanol–water partition coefficient (Wildman–Crippen LogP) is 3.10. The summed E-state index contributed by atoms with van der Waals surface area (Å²) in [7, 11) is -3.45. The number of anilines is 1. The van der Waals surface area contributed by atoms with Gasteiger partial charge in [-0.25, -0.2) is 22.8 Å². The molecule has 1 aliphatic heterocycles. The summed E-state index contributed by atoms with van der Waals surface area (Å²) in [5.74, 6) is -3.25. The van der Waals surface area contributed by atoms with Crippen LogP contribution >= 0.6 is 11.5 Å². The summed E-state index contributed by atoms with van der Waals surface area (Å²) in [6, 6.07) is 5.51. The molecule has 1 unspecified atom stereocenters. The zero-order valence-electron chi connectivity index (χ0n) is 37.7. The zero-order valence-corrected chi connectivity index (χ0v) is 39.3. The Hall–Kier alpha value is -5.92. The van der Waals surface area contributed by atoms with Gasteiger partial charge in [-0.1, -0.05) is 17.3 Å². The van der Waals surface area contributed by atoms with Crippen LogP contribution < -0.4 is 25.4 Å². The van der Waals surface area contributed by atoms with Crippen molar-refractivity contribution in [2.45, 2.75) is 124 Å². The molecule has 64 heavy (non-hydrogen) atoms. The summed E-state index contributed by atoms with van der Waals surface area (Å²) >= 11 is 0.636. The first kappa shape index (κ1) is 50.7. The largest absolute Gasteiger partial charge is 0.724 e. The average Bonchev–Trinajstić information content (AvgIpc) is 3.75. The van der Waals surface area contributed by atoms with Crippen LogP contribution in [0, 0.1) is 0 Å². The molecule has 0 saturated carbocycles. The number of alkyl carbamates (subject to hydrolysis) is 1. The smallest absolute Gasteiger partial charge is 0.414 e. The van der Waals surface area contributed by atoms with Gasteiger partial charge in [0, 0.05) is 18.1 Å². The number of aryl methyl sites for hydroxylation is 2. The first-order valence-corrected chi connectivity index (χ1v) is 21.9. The number of carbonyl (C=O) groups is 5. The molecule has 1 fully saturated rings. The molecule has 2 atom stereocenters. The average molecular weight is 938 g/mol. The molecular weight excluding hydrogens is 883 g/mol. The van der Waals surface area contributed by atoms with Crippen molar-refractivity contribution in [3.05, 3.63) is 42.5 Å². The van der Waals surface area contributed by atoms with Crippen molar-refractivity contribution in [3.63, 3.8) is 0 Å². The van der Waals surface area contributed by atoms with E-state index in [9.17, 15) is 36.9 Å². The minimum atomic E-state index is -5.34. The number of rotatable bonds is 17. The quantitative estimate of drug-likeness (QED) is 0.0202. The molecule has 1 saturated heterocycles. The Morgan fingerprint density at radius 2 is 1.56 bits per heavy atom. The standard InChI is InChI=1S/C39H55N9O14S2/c1-36(2,3)58-32(51)26(22-57-25-16-14-23(15-17-25)24-20-46(12)47(21-24)19-13-18-40-34(52)59-37(4,5)6)61-44-27(29-42-33(63-45-29)43-35(53)60-38(7,8)9)30(49)41-28-31(50)48(39(28,10)11)62-64(54,55)56/h14-17,20-21,26,28H,13,18-19,22H2,1-12H3,(H3-,40,41,42,43,45,49,52,53,54,55,56)/b44-27-/t26?,28-/m1/s1. The molecule has 3 N–H and O–H groups in total. The lowest BCUT2D eigenvalue weighted by Crippen LogP contribution is -2.76. The number of hydroxylamine groups is 2. The van der Waals surface area contributed by atoms with Crippen LogP contribution in [0.4, 0.5) is 14.7 Å². The summed E-state index contributed by atoms with van der Waals surface area (Å²) in [5, 5.41) is 11.6. The molecule has 0 aliphatic carbocycles. The van der Waals surface area contributed by atoms with Crippen LogP contribution in [-0.4, -0.2) is 115 Å². The number of hydrogen-bond acceptors (Lipinski definition) is 18. The van der Waals surface area contributed by atoms with Gasteiger partial charge in [0.2, 0.25) is 33.3 Å². The van der Waals surface area contributed by atoms with Crippen molar-refractivity contribution in [1.29, 1.82) is 0 Å². The molecule has 352 valence electrons. The van der Waals surface area contributed by atoms with Gasteiger partial charge in [-0.3, -0.25) is 14.9 Å². The lowest BCUT2D eigenvalue weighted by molar-refractivity contribution is -0.753. The molecule has 23 nitrogen and oxygen atoms in total. The van der Waals surface area contributed by atoms with Gasteiger partial charge >= 0.3 is 18.2 Å². The fourth-order valence-electron chi connectivity index (χ4n) is 5.58. The normalized spacial score (nSPS) is 16.0. The molecular formula is C39H55N9O14S2. The van der Waals surface area contributed by atoms with Crippen molar-refractivity contribution in [2.75, 3.05) is 18.5 Å². The Morgan fingerprint density at radius 3 is 2.14 bits per heavy atom. The maximum Gasteiger partial charge on any atom is 0.414 e. The van der Waals surface area contributed by atoms with Crippen LogP contribution in [0.3, 0.4) is 0 Å². The van der Waals surface area contributed by atoms with E-state index in [1.165, 1.54) is 13.8 Å². The first-order chi connectivity index (χ1) is 29.4. The van der Waals surface area contributed by atoms with Crippen molar-refractivity contribution in [1.82, 2.24) is 29.7 Å². The summed E-state index contributed by atoms with van der Waals surface area (Å²) < 4.78 is 67.9. The number of ether oxygens (including phenoxy) is 4. The molecule has 0 radical (unpaired) electrons. The molecule has 25 heteroatoms. The van der Waals surface area contributed by atoms with Crippen LogP contribution in [0.25, 0.3) is 11.1 Å². The molecule has 3 aromatic rings. The van der Waals surface area contributed by atoms with Crippen LogP contribution in [0.5, 0.6) is 5.75 Å². The monoisotopic (exact) mass is 937 g/mol. The van der Waals surface area contributed by atoms with Crippen LogP contribution in [0.15, 0.2) is 41.8 Å². The third kappa shape index (κ3) is 15.1. The Kier molecular flexibility index (Phi) is 15.7. The van der Waals surface area contributed by atoms with Crippen molar-refractivity contribution in [3.8, 4) is 16.9 Å². The molecule has 1 aromatic carbocycles. The number of hydrogen-bond donors (Lipinski definition) is 3. The Bertz CT molecular complexity index is 2320. The number of nitrogens with zero attached hydrogens (tertiary/aromatic N) is 6. The molecule has 4 amide bonds. The zero-order chi connectivity index (χ0) is 48.0. The van der Waals surface area contributed by atoms with Gasteiger partial charge in [-0.15, -0.1) is 4.68 Å². The summed E-state index contributed by atoms with van der Waals surface area (Å²) in [4.78, 5) is 74.3. The van der Waals surface area contributed by atoms with Crippen LogP contribution in [-0.2, 0) is 61.7 Å². The van der Waals surface area contributed by atoms with E-state index >= 15 is 0 Å². The molecule has 1 aliphatic rings. The number of amides is 4. The topological polar surface area (TPSA) is 284 Å². The number of benzene rings is 1. The minimum absolute atomic E-state index is 0.126. The Labute approximate surface area is 374 Å². The maximum atomic E-state index is 13.8. The van der Waals surface area contributed by atoms with Gasteiger partial charge in [0.05, 0.1) is 23.8 Å². The summed E-state index contributed by atoms with van der Waals surface area (Å²) in [6.45, 7) is 18.4. The highest BCUT2D eigenvalue weighted by Crippen LogP contribution is 2.33. The highest BCUT2D eigenvalue weighted by atomic mass is 32.3. The number of aromatic nitrogens is 4. The second-order valence-corrected chi connectivity index (χ2v) is 19.6. The maximum absolute atomic E-state index is 13.8. The molecule has 3 heterocycles. The van der Waals surface area contributed by atoms with E-state index in [-0.39, 0.29) is 5.13 Å². The SMILES string of the molecule is C[n+]1cc(-c2ccc(OCC(O/N=C(\C(=O)N[C@@H]3C(=O)N(OS(=O)(=O)[O-])C3(C)C)c3nsc(NC(=O)OC(C)(C)C)n3)C(=O)OC(C)(C)C)cc2)cn1CCCNC(=O)OC(C)(C)C. The van der Waals surface area contributed by atoms with Gasteiger partial charge < -0.3 is 39.0 Å². The summed E-state index contributed by atoms with van der Waals surface area (Å²) in [5.41, 5.74) is -2.94. The van der Waals surface area contributed by atoms with E-state index in [1.807, 2.05) is 40.9 Å². The lowest BCUT2D eigenvalue weighted by atomic mass is 9.84. The number of esters is 1. The predicted molar refractivity (Wildman–Crippen MR) is 226 cm³/mol. The van der Waals surface area contributed by atoms with E-state index < -0.39 is 93.0 Å². The van der Waals surface area contributed by atoms with Gasteiger partial charge in [0.15, 0.2) is 7.05 Å². The van der Waals surface area contributed by atoms with E-state index in [0.29, 0.717) is 41.9 Å². The lowest BCUT2D eigenvalue weighted by Gasteiger charge is -2.51. The Balaban J connectivity index is 1.53. The first-order valence-electron chi connectivity index (χ1n) is 19.8. The van der Waals surface area contributed by atoms with Crippen molar-refractivity contribution in [2.24, 2.45) is 12.2 Å². The summed E-state index contributed by atoms with van der Waals surface area (Å²) in [6.07, 6.45) is 1.58. The van der Waals surface area contributed by atoms with E-state index in [0.717, 1.165) is 11.1 Å². The third-order valence-electron chi connectivity index (χ3n) is 8.36. The molecule has 0 bridgehead atoms. The number of nitrogens with one attached hydrogen (secondary N) is 3. The van der Waals surface area contributed by atoms with Crippen LogP contribution in [0.2, 0.25) is 0 Å². The minimum Gasteiger partial charge on any atom is -0.724 e. The van der Waals surface area contributed by atoms with Gasteiger partial charge in [0.1, 0.15) is 35.2 Å². The van der Waals surface area contributed by atoms with E-state index in [4.69, 9.17) is 23.8 Å². The highest BCUT2D eigenvalue weighted by molar-refractivity contribution is 7.80. The van der Waals surface area contributed by atoms with Gasteiger partial charge in [-0.2, -0.15) is 23.4 Å². The second kappa shape index (κ2) is 19.9. The van der Waals surface area contributed by atoms with Gasteiger partial charge in [-0.05, 0) is 100 Å². The van der Waals surface area contributed by atoms with Gasteiger partial charge in [0.25, 0.3) is 17.9 Å². The van der Waals surface area contributed by atoms with Crippen molar-refractivity contribution < 1.29 is 69.7 Å². The number of oxime groups is 1. The molecule has 4 rings (SSSR count). The van der Waals surface area contributed by atoms with Crippen LogP contribution in [0.1, 0.15) is 88.4 Å². The highest BCUT2D eigenvalue weighted by Gasteiger charge is 2.57. The number of carbonyl (C=O) groups excluding carboxylic acids is 5. The second-order valence-electron chi connectivity index (χ2n) is 17.9. The molecule has 0 spiro atoms. The fourth-order valence-corrected chi connectivity index (χ4v) is 6.58. The van der Waals surface area contributed by atoms with E-state index in [1.54, 1.807) is 74.4 Å². The van der Waals surface area contributed by atoms with E-state index in [2.05, 4.69) is 34.7 Å². The fraction of sp³-hybridized carbons (Fsp3) is 0.564. The third-order valence-corrected chi connectivity index (χ3v) is 9.32. The Morgan fingerprint density at radius 1 is 0.953 bits per heavy atom. The molecule has 2 aromatic heterocycles.